The van der Waals surface area contributed by atoms with Crippen LogP contribution < -0.4 is 5.32 Å². The summed E-state index contributed by atoms with van der Waals surface area (Å²) in [6, 6.07) is 6.44. The van der Waals surface area contributed by atoms with E-state index in [9.17, 15) is 4.39 Å². The Morgan fingerprint density at radius 3 is 2.77 bits per heavy atom. The van der Waals surface area contributed by atoms with Crippen molar-refractivity contribution in [2.75, 3.05) is 5.32 Å². The SMILES string of the molecule is Cc1cc(C)n(Cc2nnc(Nc3ccc(F)c(Cl)c3)s2)n1. The molecule has 0 unspecified atom stereocenters. The maximum Gasteiger partial charge on any atom is 0.210 e. The predicted octanol–water partition coefficient (Wildman–Crippen LogP) is 3.94. The minimum atomic E-state index is -0.449. The Bertz CT molecular complexity index is 813. The number of aryl methyl sites for hydroxylation is 2. The molecule has 114 valence electrons. The topological polar surface area (TPSA) is 55.6 Å². The van der Waals surface area contributed by atoms with Crippen molar-refractivity contribution in [2.24, 2.45) is 0 Å². The maximum absolute atomic E-state index is 13.1. The van der Waals surface area contributed by atoms with E-state index in [1.807, 2.05) is 24.6 Å². The first-order valence-electron chi connectivity index (χ1n) is 6.57. The second-order valence-electron chi connectivity index (χ2n) is 4.84. The molecule has 0 saturated heterocycles. The van der Waals surface area contributed by atoms with Crippen LogP contribution >= 0.6 is 22.9 Å². The number of benzene rings is 1. The molecule has 0 amide bonds. The van der Waals surface area contributed by atoms with Gasteiger partial charge in [-0.3, -0.25) is 4.68 Å². The highest BCUT2D eigenvalue weighted by molar-refractivity contribution is 7.15. The average molecular weight is 338 g/mol. The second-order valence-corrected chi connectivity index (χ2v) is 6.31. The van der Waals surface area contributed by atoms with E-state index in [1.54, 1.807) is 6.07 Å². The van der Waals surface area contributed by atoms with Gasteiger partial charge in [0.25, 0.3) is 0 Å². The van der Waals surface area contributed by atoms with Crippen molar-refractivity contribution < 1.29 is 4.39 Å². The molecule has 8 heteroatoms. The molecule has 2 aromatic heterocycles. The zero-order valence-corrected chi connectivity index (χ0v) is 13.5. The monoisotopic (exact) mass is 337 g/mol. The van der Waals surface area contributed by atoms with Crippen molar-refractivity contribution in [2.45, 2.75) is 20.4 Å². The summed E-state index contributed by atoms with van der Waals surface area (Å²) in [5.41, 5.74) is 2.72. The largest absolute Gasteiger partial charge is 0.330 e. The number of nitrogens with zero attached hydrogens (tertiary/aromatic N) is 4. The summed E-state index contributed by atoms with van der Waals surface area (Å²) < 4.78 is 15.0. The van der Waals surface area contributed by atoms with Crippen molar-refractivity contribution in [3.8, 4) is 0 Å². The molecule has 0 radical (unpaired) electrons. The van der Waals surface area contributed by atoms with Crippen LogP contribution in [0.15, 0.2) is 24.3 Å². The first-order chi connectivity index (χ1) is 10.5. The van der Waals surface area contributed by atoms with Crippen LogP contribution in [0.1, 0.15) is 16.4 Å². The van der Waals surface area contributed by atoms with Crippen LogP contribution in [-0.4, -0.2) is 20.0 Å². The van der Waals surface area contributed by atoms with Gasteiger partial charge in [-0.25, -0.2) is 4.39 Å². The summed E-state index contributed by atoms with van der Waals surface area (Å²) in [6.07, 6.45) is 0. The molecule has 1 aromatic carbocycles. The highest BCUT2D eigenvalue weighted by Gasteiger charge is 2.09. The summed E-state index contributed by atoms with van der Waals surface area (Å²) in [5.74, 6) is -0.449. The Morgan fingerprint density at radius 2 is 2.09 bits per heavy atom. The number of hydrogen-bond donors (Lipinski definition) is 1. The van der Waals surface area contributed by atoms with Crippen molar-refractivity contribution in [3.63, 3.8) is 0 Å². The van der Waals surface area contributed by atoms with Crippen LogP contribution in [0.4, 0.5) is 15.2 Å². The fourth-order valence-corrected chi connectivity index (χ4v) is 2.95. The van der Waals surface area contributed by atoms with E-state index >= 15 is 0 Å². The van der Waals surface area contributed by atoms with Crippen LogP contribution in [-0.2, 0) is 6.54 Å². The molecule has 2 heterocycles. The highest BCUT2D eigenvalue weighted by Crippen LogP contribution is 2.25. The van der Waals surface area contributed by atoms with Gasteiger partial charge in [-0.2, -0.15) is 5.10 Å². The molecule has 3 aromatic rings. The van der Waals surface area contributed by atoms with Gasteiger partial charge in [-0.05, 0) is 38.1 Å². The molecule has 0 aliphatic carbocycles. The standard InChI is InChI=1S/C14H13ClFN5S/c1-8-5-9(2)21(20-8)7-13-18-19-14(22-13)17-10-3-4-12(16)11(15)6-10/h3-6H,7H2,1-2H3,(H,17,19). The normalized spacial score (nSPS) is 10.9. The van der Waals surface area contributed by atoms with Crippen LogP contribution in [0.5, 0.6) is 0 Å². The lowest BCUT2D eigenvalue weighted by atomic mass is 10.3. The van der Waals surface area contributed by atoms with Gasteiger partial charge in [-0.1, -0.05) is 22.9 Å². The molecule has 0 fully saturated rings. The van der Waals surface area contributed by atoms with Crippen molar-refractivity contribution in [1.29, 1.82) is 0 Å². The lowest BCUT2D eigenvalue weighted by Crippen LogP contribution is -2.03. The lowest BCUT2D eigenvalue weighted by molar-refractivity contribution is 0.628. The minimum Gasteiger partial charge on any atom is -0.330 e. The molecule has 3 rings (SSSR count). The Balaban J connectivity index is 1.73. The summed E-state index contributed by atoms with van der Waals surface area (Å²) in [5, 5.41) is 17.2. The van der Waals surface area contributed by atoms with Crippen molar-refractivity contribution in [3.05, 3.63) is 51.5 Å². The number of nitrogens with one attached hydrogen (secondary N) is 1. The molecule has 0 spiro atoms. The summed E-state index contributed by atoms with van der Waals surface area (Å²) in [7, 11) is 0. The van der Waals surface area contributed by atoms with E-state index in [-0.39, 0.29) is 5.02 Å². The fraction of sp³-hybridized carbons (Fsp3) is 0.214. The van der Waals surface area contributed by atoms with Crippen molar-refractivity contribution >= 4 is 33.8 Å². The third-order valence-corrected chi connectivity index (χ3v) is 4.14. The fourth-order valence-electron chi connectivity index (χ4n) is 2.03. The van der Waals surface area contributed by atoms with Crippen molar-refractivity contribution in [1.82, 2.24) is 20.0 Å². The third kappa shape index (κ3) is 3.26. The Morgan fingerprint density at radius 1 is 1.27 bits per heavy atom. The molecule has 22 heavy (non-hydrogen) atoms. The molecule has 0 bridgehead atoms. The van der Waals surface area contributed by atoms with E-state index in [0.29, 0.717) is 17.4 Å². The van der Waals surface area contributed by atoms with Gasteiger partial charge in [-0.15, -0.1) is 10.2 Å². The maximum atomic E-state index is 13.1. The molecular formula is C14H13ClFN5S. The molecular weight excluding hydrogens is 325 g/mol. The van der Waals surface area contributed by atoms with Gasteiger partial charge < -0.3 is 5.32 Å². The predicted molar refractivity (Wildman–Crippen MR) is 85.4 cm³/mol. The molecule has 5 nitrogen and oxygen atoms in total. The summed E-state index contributed by atoms with van der Waals surface area (Å²) in [6.45, 7) is 4.53. The Labute approximate surface area is 135 Å². The smallest absolute Gasteiger partial charge is 0.210 e. The number of halogens is 2. The first-order valence-corrected chi connectivity index (χ1v) is 7.76. The quantitative estimate of drug-likeness (QED) is 0.783. The second kappa shape index (κ2) is 6.02. The van der Waals surface area contributed by atoms with Crippen LogP contribution in [0.3, 0.4) is 0 Å². The van der Waals surface area contributed by atoms with Gasteiger partial charge in [0.2, 0.25) is 5.13 Å². The van der Waals surface area contributed by atoms with Gasteiger partial charge in [0.1, 0.15) is 10.8 Å². The molecule has 1 N–H and O–H groups in total. The number of rotatable bonds is 4. The number of anilines is 2. The lowest BCUT2D eigenvalue weighted by Gasteiger charge is -2.02. The Kier molecular flexibility index (Phi) is 4.08. The molecule has 0 aliphatic rings. The van der Waals surface area contributed by atoms with Gasteiger partial charge >= 0.3 is 0 Å². The van der Waals surface area contributed by atoms with Gasteiger partial charge in [0, 0.05) is 11.4 Å². The Hall–Kier alpha value is -1.99. The highest BCUT2D eigenvalue weighted by atomic mass is 35.5. The minimum absolute atomic E-state index is 0.0670. The molecule has 0 aliphatic heterocycles. The first kappa shape index (κ1) is 14.9. The summed E-state index contributed by atoms with van der Waals surface area (Å²) in [4.78, 5) is 0. The molecule has 0 saturated carbocycles. The number of aromatic nitrogens is 4. The van der Waals surface area contributed by atoms with Crippen LogP contribution in [0, 0.1) is 19.7 Å². The summed E-state index contributed by atoms with van der Waals surface area (Å²) >= 11 is 7.17. The van der Waals surface area contributed by atoms with Crippen LogP contribution in [0.2, 0.25) is 5.02 Å². The van der Waals surface area contributed by atoms with E-state index in [4.69, 9.17) is 11.6 Å². The number of hydrogen-bond acceptors (Lipinski definition) is 5. The zero-order chi connectivity index (χ0) is 15.7. The molecule has 0 atom stereocenters. The van der Waals surface area contributed by atoms with Gasteiger partial charge in [0.05, 0.1) is 17.3 Å². The third-order valence-electron chi connectivity index (χ3n) is 3.03. The van der Waals surface area contributed by atoms with E-state index in [0.717, 1.165) is 16.4 Å². The van der Waals surface area contributed by atoms with Crippen LogP contribution in [0.25, 0.3) is 0 Å². The van der Waals surface area contributed by atoms with E-state index in [2.05, 4.69) is 20.6 Å². The van der Waals surface area contributed by atoms with E-state index < -0.39 is 5.82 Å². The zero-order valence-electron chi connectivity index (χ0n) is 12.0. The van der Waals surface area contributed by atoms with Gasteiger partial charge in [0.15, 0.2) is 0 Å². The average Bonchev–Trinajstić information content (AvgIpc) is 3.01. The van der Waals surface area contributed by atoms with E-state index in [1.165, 1.54) is 23.5 Å².